The van der Waals surface area contributed by atoms with E-state index in [9.17, 15) is 9.59 Å². The molecule has 0 aliphatic rings. The summed E-state index contributed by atoms with van der Waals surface area (Å²) < 4.78 is 9.43. The summed E-state index contributed by atoms with van der Waals surface area (Å²) in [5, 5.41) is 0. The SMILES string of the molecule is CCOC(=O)CCC(C)(C)CCC(=O)OC. The second-order valence-corrected chi connectivity index (χ2v) is 4.55. The van der Waals surface area contributed by atoms with Crippen molar-refractivity contribution in [1.29, 1.82) is 0 Å². The number of carbonyl (C=O) groups is 2. The van der Waals surface area contributed by atoms with Gasteiger partial charge < -0.3 is 9.47 Å². The van der Waals surface area contributed by atoms with Crippen LogP contribution in [0.2, 0.25) is 0 Å². The van der Waals surface area contributed by atoms with Crippen LogP contribution in [0.5, 0.6) is 0 Å². The monoisotopic (exact) mass is 230 g/mol. The zero-order valence-electron chi connectivity index (χ0n) is 10.7. The molecule has 16 heavy (non-hydrogen) atoms. The van der Waals surface area contributed by atoms with Gasteiger partial charge in [0.2, 0.25) is 0 Å². The van der Waals surface area contributed by atoms with Gasteiger partial charge in [-0.25, -0.2) is 0 Å². The van der Waals surface area contributed by atoms with E-state index in [-0.39, 0.29) is 17.4 Å². The second-order valence-electron chi connectivity index (χ2n) is 4.55. The van der Waals surface area contributed by atoms with Crippen molar-refractivity contribution in [2.75, 3.05) is 13.7 Å². The molecule has 0 aromatic heterocycles. The Hall–Kier alpha value is -1.06. The van der Waals surface area contributed by atoms with E-state index in [2.05, 4.69) is 4.74 Å². The van der Waals surface area contributed by atoms with E-state index < -0.39 is 0 Å². The first-order valence-corrected chi connectivity index (χ1v) is 5.63. The van der Waals surface area contributed by atoms with Crippen molar-refractivity contribution in [2.24, 2.45) is 5.41 Å². The molecule has 0 radical (unpaired) electrons. The first-order chi connectivity index (χ1) is 7.41. The average Bonchev–Trinajstić information content (AvgIpc) is 2.24. The smallest absolute Gasteiger partial charge is 0.305 e. The molecule has 0 saturated heterocycles. The summed E-state index contributed by atoms with van der Waals surface area (Å²) >= 11 is 0. The minimum Gasteiger partial charge on any atom is -0.469 e. The molecule has 0 saturated carbocycles. The molecule has 0 heterocycles. The van der Waals surface area contributed by atoms with Crippen LogP contribution in [0, 0.1) is 5.41 Å². The molecule has 0 aliphatic carbocycles. The molecular weight excluding hydrogens is 208 g/mol. The van der Waals surface area contributed by atoms with Gasteiger partial charge in [0, 0.05) is 12.8 Å². The van der Waals surface area contributed by atoms with Gasteiger partial charge in [-0.3, -0.25) is 9.59 Å². The standard InChI is InChI=1S/C12H22O4/c1-5-16-11(14)7-9-12(2,3)8-6-10(13)15-4/h5-9H2,1-4H3. The van der Waals surface area contributed by atoms with E-state index >= 15 is 0 Å². The van der Waals surface area contributed by atoms with E-state index in [1.165, 1.54) is 7.11 Å². The summed E-state index contributed by atoms with van der Waals surface area (Å²) in [6.07, 6.45) is 2.25. The molecule has 0 fully saturated rings. The predicted molar refractivity (Wildman–Crippen MR) is 60.9 cm³/mol. The maximum atomic E-state index is 11.2. The van der Waals surface area contributed by atoms with Crippen molar-refractivity contribution >= 4 is 11.9 Å². The van der Waals surface area contributed by atoms with Gasteiger partial charge in [0.05, 0.1) is 13.7 Å². The molecule has 4 nitrogen and oxygen atoms in total. The minimum absolute atomic E-state index is 0.0407. The van der Waals surface area contributed by atoms with Crippen molar-refractivity contribution in [3.8, 4) is 0 Å². The van der Waals surface area contributed by atoms with E-state index in [0.717, 1.165) is 12.8 Å². The fourth-order valence-electron chi connectivity index (χ4n) is 1.34. The van der Waals surface area contributed by atoms with Gasteiger partial charge in [-0.05, 0) is 25.2 Å². The number of hydrogen-bond acceptors (Lipinski definition) is 4. The van der Waals surface area contributed by atoms with Crippen molar-refractivity contribution in [2.45, 2.75) is 46.5 Å². The first-order valence-electron chi connectivity index (χ1n) is 5.63. The van der Waals surface area contributed by atoms with Crippen LogP contribution in [0.15, 0.2) is 0 Å². The summed E-state index contributed by atoms with van der Waals surface area (Å²) in [6.45, 7) is 6.28. The molecule has 4 heteroatoms. The van der Waals surface area contributed by atoms with Crippen LogP contribution in [-0.4, -0.2) is 25.7 Å². The number of rotatable bonds is 7. The van der Waals surface area contributed by atoms with Crippen LogP contribution in [0.4, 0.5) is 0 Å². The molecular formula is C12H22O4. The Kier molecular flexibility index (Phi) is 6.77. The topological polar surface area (TPSA) is 52.6 Å². The Bertz CT molecular complexity index is 233. The molecule has 0 spiro atoms. The highest BCUT2D eigenvalue weighted by Gasteiger charge is 2.21. The maximum absolute atomic E-state index is 11.2. The van der Waals surface area contributed by atoms with E-state index in [4.69, 9.17) is 4.74 Å². The lowest BCUT2D eigenvalue weighted by atomic mass is 9.83. The van der Waals surface area contributed by atoms with Crippen LogP contribution in [0.25, 0.3) is 0 Å². The number of carbonyl (C=O) groups excluding carboxylic acids is 2. The van der Waals surface area contributed by atoms with Gasteiger partial charge in [-0.2, -0.15) is 0 Å². The molecule has 0 amide bonds. The van der Waals surface area contributed by atoms with Gasteiger partial charge in [-0.15, -0.1) is 0 Å². The predicted octanol–water partition coefficient (Wildman–Crippen LogP) is 2.31. The Balaban J connectivity index is 3.86. The lowest BCUT2D eigenvalue weighted by Crippen LogP contribution is -2.17. The van der Waals surface area contributed by atoms with Crippen molar-refractivity contribution < 1.29 is 19.1 Å². The molecule has 0 aromatic rings. The number of hydrogen-bond donors (Lipinski definition) is 0. The van der Waals surface area contributed by atoms with Crippen LogP contribution in [0.3, 0.4) is 0 Å². The summed E-state index contributed by atoms with van der Waals surface area (Å²) in [7, 11) is 1.38. The fraction of sp³-hybridized carbons (Fsp3) is 0.833. The lowest BCUT2D eigenvalue weighted by Gasteiger charge is -2.23. The molecule has 0 aliphatic heterocycles. The van der Waals surface area contributed by atoms with Crippen LogP contribution >= 0.6 is 0 Å². The quantitative estimate of drug-likeness (QED) is 0.630. The highest BCUT2D eigenvalue weighted by molar-refractivity contribution is 5.70. The van der Waals surface area contributed by atoms with Crippen LogP contribution in [-0.2, 0) is 19.1 Å². The maximum Gasteiger partial charge on any atom is 0.305 e. The molecule has 0 bridgehead atoms. The molecule has 0 atom stereocenters. The zero-order chi connectivity index (χ0) is 12.6. The Morgan fingerprint density at radius 1 is 1.06 bits per heavy atom. The Labute approximate surface area is 97.3 Å². The normalized spacial score (nSPS) is 11.0. The minimum atomic E-state index is -0.204. The average molecular weight is 230 g/mol. The Morgan fingerprint density at radius 3 is 2.00 bits per heavy atom. The summed E-state index contributed by atoms with van der Waals surface area (Å²) in [6, 6.07) is 0. The third-order valence-corrected chi connectivity index (χ3v) is 2.54. The lowest BCUT2D eigenvalue weighted by molar-refractivity contribution is -0.143. The third kappa shape index (κ3) is 7.26. The van der Waals surface area contributed by atoms with Gasteiger partial charge in [-0.1, -0.05) is 13.8 Å². The molecule has 94 valence electrons. The van der Waals surface area contributed by atoms with Gasteiger partial charge >= 0.3 is 11.9 Å². The highest BCUT2D eigenvalue weighted by Crippen LogP contribution is 2.28. The van der Waals surface area contributed by atoms with Crippen molar-refractivity contribution in [3.05, 3.63) is 0 Å². The van der Waals surface area contributed by atoms with Crippen molar-refractivity contribution in [3.63, 3.8) is 0 Å². The molecule has 0 N–H and O–H groups in total. The first kappa shape index (κ1) is 14.9. The van der Waals surface area contributed by atoms with Gasteiger partial charge in [0.1, 0.15) is 0 Å². The molecule has 0 rings (SSSR count). The number of ether oxygens (including phenoxy) is 2. The fourth-order valence-corrected chi connectivity index (χ4v) is 1.34. The van der Waals surface area contributed by atoms with E-state index in [1.807, 2.05) is 13.8 Å². The van der Waals surface area contributed by atoms with Gasteiger partial charge in [0.15, 0.2) is 0 Å². The summed E-state index contributed by atoms with van der Waals surface area (Å²) in [4.78, 5) is 22.2. The summed E-state index contributed by atoms with van der Waals surface area (Å²) in [5.41, 5.74) is -0.0407. The van der Waals surface area contributed by atoms with E-state index in [1.54, 1.807) is 6.92 Å². The molecule has 0 aromatic carbocycles. The second kappa shape index (κ2) is 7.25. The van der Waals surface area contributed by atoms with Crippen molar-refractivity contribution in [1.82, 2.24) is 0 Å². The number of esters is 2. The van der Waals surface area contributed by atoms with Gasteiger partial charge in [0.25, 0.3) is 0 Å². The number of methoxy groups -OCH3 is 1. The zero-order valence-corrected chi connectivity index (χ0v) is 10.7. The van der Waals surface area contributed by atoms with E-state index in [0.29, 0.717) is 19.4 Å². The van der Waals surface area contributed by atoms with Crippen LogP contribution in [0.1, 0.15) is 46.5 Å². The van der Waals surface area contributed by atoms with Crippen LogP contribution < -0.4 is 0 Å². The highest BCUT2D eigenvalue weighted by atomic mass is 16.5. The third-order valence-electron chi connectivity index (χ3n) is 2.54. The summed E-state index contributed by atoms with van der Waals surface area (Å²) in [5.74, 6) is -0.377. The molecule has 0 unspecified atom stereocenters. The Morgan fingerprint density at radius 2 is 1.56 bits per heavy atom. The largest absolute Gasteiger partial charge is 0.469 e.